The minimum absolute atomic E-state index is 0.141. The number of hydrogen-bond acceptors (Lipinski definition) is 3. The van der Waals surface area contributed by atoms with Crippen molar-refractivity contribution in [2.45, 2.75) is 18.9 Å². The highest BCUT2D eigenvalue weighted by Crippen LogP contribution is 2.25. The summed E-state index contributed by atoms with van der Waals surface area (Å²) < 4.78 is 0. The highest BCUT2D eigenvalue weighted by atomic mass is 35.5. The summed E-state index contributed by atoms with van der Waals surface area (Å²) in [5.41, 5.74) is 6.49. The SMILES string of the molecule is CNC(=O)C1CCCN1C(=O)c1ccc(N)cc1Cl. The Balaban J connectivity index is 2.25. The second-order valence-electron chi connectivity index (χ2n) is 4.51. The molecule has 1 aliphatic rings. The van der Waals surface area contributed by atoms with E-state index in [0.717, 1.165) is 6.42 Å². The smallest absolute Gasteiger partial charge is 0.256 e. The first-order valence-corrected chi connectivity index (χ1v) is 6.50. The van der Waals surface area contributed by atoms with Gasteiger partial charge in [-0.05, 0) is 31.0 Å². The number of nitrogens with one attached hydrogen (secondary N) is 1. The quantitative estimate of drug-likeness (QED) is 0.802. The lowest BCUT2D eigenvalue weighted by Gasteiger charge is -2.23. The molecule has 2 amide bonds. The van der Waals surface area contributed by atoms with Crippen LogP contribution in [0.3, 0.4) is 0 Å². The number of halogens is 1. The van der Waals surface area contributed by atoms with Crippen LogP contribution in [-0.4, -0.2) is 36.3 Å². The maximum atomic E-state index is 12.4. The second-order valence-corrected chi connectivity index (χ2v) is 4.92. The number of hydrogen-bond donors (Lipinski definition) is 2. The Hall–Kier alpha value is -1.75. The molecule has 3 N–H and O–H groups in total. The fourth-order valence-corrected chi connectivity index (χ4v) is 2.58. The third-order valence-corrected chi connectivity index (χ3v) is 3.60. The molecule has 1 aromatic carbocycles. The zero-order valence-corrected chi connectivity index (χ0v) is 11.4. The molecule has 1 aromatic rings. The summed E-state index contributed by atoms with van der Waals surface area (Å²) in [5.74, 6) is -0.367. The van der Waals surface area contributed by atoms with E-state index in [2.05, 4.69) is 5.32 Å². The normalized spacial score (nSPS) is 18.4. The molecule has 1 saturated heterocycles. The van der Waals surface area contributed by atoms with E-state index < -0.39 is 6.04 Å². The minimum atomic E-state index is -0.411. The van der Waals surface area contributed by atoms with Gasteiger partial charge in [0.05, 0.1) is 10.6 Å². The Morgan fingerprint density at radius 3 is 2.84 bits per heavy atom. The molecule has 1 unspecified atom stereocenters. The number of anilines is 1. The third-order valence-electron chi connectivity index (χ3n) is 3.29. The lowest BCUT2D eigenvalue weighted by Crippen LogP contribution is -2.45. The van der Waals surface area contributed by atoms with Crippen LogP contribution in [0.4, 0.5) is 5.69 Å². The maximum absolute atomic E-state index is 12.4. The number of rotatable bonds is 2. The Bertz CT molecular complexity index is 519. The number of likely N-dealkylation sites (N-methyl/N-ethyl adjacent to an activating group) is 1. The van der Waals surface area contributed by atoms with Gasteiger partial charge >= 0.3 is 0 Å². The zero-order valence-electron chi connectivity index (χ0n) is 10.6. The average Bonchev–Trinajstić information content (AvgIpc) is 2.86. The number of nitrogen functional groups attached to an aromatic ring is 1. The Morgan fingerprint density at radius 2 is 2.21 bits per heavy atom. The molecule has 0 saturated carbocycles. The van der Waals surface area contributed by atoms with E-state index >= 15 is 0 Å². The van der Waals surface area contributed by atoms with Gasteiger partial charge in [-0.1, -0.05) is 11.6 Å². The highest BCUT2D eigenvalue weighted by molar-refractivity contribution is 6.34. The van der Waals surface area contributed by atoms with E-state index in [-0.39, 0.29) is 11.8 Å². The van der Waals surface area contributed by atoms with Crippen LogP contribution in [0.5, 0.6) is 0 Å². The van der Waals surface area contributed by atoms with Crippen LogP contribution in [0, 0.1) is 0 Å². The number of nitrogens with zero attached hydrogens (tertiary/aromatic N) is 1. The van der Waals surface area contributed by atoms with Gasteiger partial charge in [-0.3, -0.25) is 9.59 Å². The molecule has 0 bridgehead atoms. The molecule has 2 rings (SSSR count). The first-order valence-electron chi connectivity index (χ1n) is 6.12. The van der Waals surface area contributed by atoms with Gasteiger partial charge in [0.1, 0.15) is 6.04 Å². The summed E-state index contributed by atoms with van der Waals surface area (Å²) in [4.78, 5) is 25.7. The largest absolute Gasteiger partial charge is 0.399 e. The Kier molecular flexibility index (Phi) is 3.95. The number of likely N-dealkylation sites (tertiary alicyclic amines) is 1. The molecule has 6 heteroatoms. The summed E-state index contributed by atoms with van der Waals surface area (Å²) in [5, 5.41) is 2.89. The van der Waals surface area contributed by atoms with Gasteiger partial charge in [0.2, 0.25) is 5.91 Å². The molecule has 1 heterocycles. The highest BCUT2D eigenvalue weighted by Gasteiger charge is 2.34. The second kappa shape index (κ2) is 5.48. The van der Waals surface area contributed by atoms with Gasteiger partial charge in [-0.2, -0.15) is 0 Å². The number of carbonyl (C=O) groups is 2. The van der Waals surface area contributed by atoms with Crippen molar-refractivity contribution < 1.29 is 9.59 Å². The topological polar surface area (TPSA) is 75.4 Å². The lowest BCUT2D eigenvalue weighted by molar-refractivity contribution is -0.124. The summed E-state index contributed by atoms with van der Waals surface area (Å²) in [6.07, 6.45) is 1.49. The van der Waals surface area contributed by atoms with Crippen LogP contribution in [0.1, 0.15) is 23.2 Å². The van der Waals surface area contributed by atoms with Crippen LogP contribution in [-0.2, 0) is 4.79 Å². The van der Waals surface area contributed by atoms with E-state index in [1.807, 2.05) is 0 Å². The molecule has 1 aliphatic heterocycles. The first kappa shape index (κ1) is 13.7. The van der Waals surface area contributed by atoms with Crippen LogP contribution in [0.25, 0.3) is 0 Å². The number of nitrogens with two attached hydrogens (primary N) is 1. The predicted molar refractivity (Wildman–Crippen MR) is 74.0 cm³/mol. The van der Waals surface area contributed by atoms with Crippen molar-refractivity contribution in [1.29, 1.82) is 0 Å². The monoisotopic (exact) mass is 281 g/mol. The lowest BCUT2D eigenvalue weighted by atomic mass is 10.1. The summed E-state index contributed by atoms with van der Waals surface area (Å²) >= 11 is 6.04. The standard InChI is InChI=1S/C13H16ClN3O2/c1-16-12(18)11-3-2-6-17(11)13(19)9-5-4-8(15)7-10(9)14/h4-5,7,11H,2-3,6,15H2,1H3,(H,16,18). The van der Waals surface area contributed by atoms with Crippen molar-refractivity contribution in [1.82, 2.24) is 10.2 Å². The molecular formula is C13H16ClN3O2. The molecule has 102 valence electrons. The molecule has 0 aromatic heterocycles. The van der Waals surface area contributed by atoms with Crippen molar-refractivity contribution in [3.63, 3.8) is 0 Å². The molecule has 5 nitrogen and oxygen atoms in total. The third kappa shape index (κ3) is 2.66. The summed E-state index contributed by atoms with van der Waals surface area (Å²) in [7, 11) is 1.57. The summed E-state index contributed by atoms with van der Waals surface area (Å²) in [6.45, 7) is 0.567. The van der Waals surface area contributed by atoms with Gasteiger partial charge in [-0.15, -0.1) is 0 Å². The van der Waals surface area contributed by atoms with Gasteiger partial charge in [0, 0.05) is 19.3 Å². The predicted octanol–water partition coefficient (Wildman–Crippen LogP) is 1.27. The fraction of sp³-hybridized carbons (Fsp3) is 0.385. The van der Waals surface area contributed by atoms with Crippen molar-refractivity contribution in [3.05, 3.63) is 28.8 Å². The van der Waals surface area contributed by atoms with E-state index in [1.54, 1.807) is 30.1 Å². The van der Waals surface area contributed by atoms with Crippen molar-refractivity contribution in [2.75, 3.05) is 19.3 Å². The van der Waals surface area contributed by atoms with Crippen LogP contribution >= 0.6 is 11.6 Å². The maximum Gasteiger partial charge on any atom is 0.256 e. The molecule has 0 spiro atoms. The van der Waals surface area contributed by atoms with Crippen LogP contribution in [0.2, 0.25) is 5.02 Å². The Morgan fingerprint density at radius 1 is 1.47 bits per heavy atom. The number of benzene rings is 1. The van der Waals surface area contributed by atoms with E-state index in [9.17, 15) is 9.59 Å². The van der Waals surface area contributed by atoms with Crippen LogP contribution in [0.15, 0.2) is 18.2 Å². The van der Waals surface area contributed by atoms with Crippen molar-refractivity contribution in [2.24, 2.45) is 0 Å². The number of amides is 2. The molecule has 0 aliphatic carbocycles. The van der Waals surface area contributed by atoms with Crippen molar-refractivity contribution >= 4 is 29.1 Å². The molecular weight excluding hydrogens is 266 g/mol. The van der Waals surface area contributed by atoms with E-state index in [0.29, 0.717) is 29.2 Å². The minimum Gasteiger partial charge on any atom is -0.399 e. The molecule has 0 radical (unpaired) electrons. The summed E-state index contributed by atoms with van der Waals surface area (Å²) in [6, 6.07) is 4.36. The van der Waals surface area contributed by atoms with Gasteiger partial charge < -0.3 is 16.0 Å². The zero-order chi connectivity index (χ0) is 14.0. The van der Waals surface area contributed by atoms with Crippen molar-refractivity contribution in [3.8, 4) is 0 Å². The van der Waals surface area contributed by atoms with E-state index in [4.69, 9.17) is 17.3 Å². The van der Waals surface area contributed by atoms with Crippen LogP contribution < -0.4 is 11.1 Å². The van der Waals surface area contributed by atoms with Gasteiger partial charge in [-0.25, -0.2) is 0 Å². The first-order chi connectivity index (χ1) is 9.04. The fourth-order valence-electron chi connectivity index (χ4n) is 2.31. The molecule has 1 fully saturated rings. The Labute approximate surface area is 116 Å². The molecule has 1 atom stereocenters. The van der Waals surface area contributed by atoms with Gasteiger partial charge in [0.25, 0.3) is 5.91 Å². The van der Waals surface area contributed by atoms with E-state index in [1.165, 1.54) is 0 Å². The molecule has 19 heavy (non-hydrogen) atoms. The number of carbonyl (C=O) groups excluding carboxylic acids is 2. The van der Waals surface area contributed by atoms with Gasteiger partial charge in [0.15, 0.2) is 0 Å². The average molecular weight is 282 g/mol.